The summed E-state index contributed by atoms with van der Waals surface area (Å²) in [5, 5.41) is 1.64. The SMILES string of the molecule is COc1ccc(-c2cc3cc(CBr)cc(C(C)(C)C)c3oc2=O)cc1OC. The maximum absolute atomic E-state index is 12.8. The number of fused-ring (bicyclic) bond motifs is 1. The summed E-state index contributed by atoms with van der Waals surface area (Å²) in [5.41, 5.74) is 3.51. The van der Waals surface area contributed by atoms with Gasteiger partial charge in [0.15, 0.2) is 11.5 Å². The molecular weight excluding hydrogens is 408 g/mol. The Balaban J connectivity index is 2.28. The van der Waals surface area contributed by atoms with Crippen LogP contribution in [-0.4, -0.2) is 14.2 Å². The van der Waals surface area contributed by atoms with Crippen molar-refractivity contribution in [2.75, 3.05) is 14.2 Å². The highest BCUT2D eigenvalue weighted by Gasteiger charge is 2.21. The van der Waals surface area contributed by atoms with Gasteiger partial charge in [0.2, 0.25) is 0 Å². The molecule has 0 radical (unpaired) electrons. The molecule has 0 amide bonds. The van der Waals surface area contributed by atoms with Crippen molar-refractivity contribution < 1.29 is 13.9 Å². The Morgan fingerprint density at radius 3 is 2.30 bits per heavy atom. The van der Waals surface area contributed by atoms with Gasteiger partial charge in [-0.15, -0.1) is 0 Å². The van der Waals surface area contributed by atoms with Crippen molar-refractivity contribution in [1.82, 2.24) is 0 Å². The van der Waals surface area contributed by atoms with Gasteiger partial charge in [-0.1, -0.05) is 48.8 Å². The molecule has 2 aromatic carbocycles. The van der Waals surface area contributed by atoms with Crippen LogP contribution in [0.3, 0.4) is 0 Å². The topological polar surface area (TPSA) is 48.7 Å². The first-order valence-electron chi connectivity index (χ1n) is 8.68. The lowest BCUT2D eigenvalue weighted by Gasteiger charge is -2.21. The number of alkyl halides is 1. The van der Waals surface area contributed by atoms with Crippen LogP contribution in [0, 0.1) is 0 Å². The predicted octanol–water partition coefficient (Wildman–Crippen LogP) is 5.67. The highest BCUT2D eigenvalue weighted by atomic mass is 79.9. The van der Waals surface area contributed by atoms with Crippen LogP contribution in [0.2, 0.25) is 0 Å². The van der Waals surface area contributed by atoms with E-state index in [9.17, 15) is 4.79 Å². The zero-order valence-corrected chi connectivity index (χ0v) is 17.8. The summed E-state index contributed by atoms with van der Waals surface area (Å²) in [7, 11) is 3.15. The molecular formula is C22H23BrO4. The second kappa shape index (κ2) is 7.39. The maximum Gasteiger partial charge on any atom is 0.344 e. The molecule has 142 valence electrons. The molecule has 0 N–H and O–H groups in total. The number of rotatable bonds is 4. The average molecular weight is 431 g/mol. The number of ether oxygens (including phenoxy) is 2. The standard InChI is InChI=1S/C22H23BrO4/c1-22(2,3)17-9-13(12-23)8-15-10-16(21(24)27-20(15)17)14-6-7-18(25-4)19(11-14)26-5/h6-11H,12H2,1-5H3. The second-order valence-electron chi connectivity index (χ2n) is 7.46. The minimum absolute atomic E-state index is 0.142. The van der Waals surface area contributed by atoms with E-state index >= 15 is 0 Å². The van der Waals surface area contributed by atoms with Gasteiger partial charge >= 0.3 is 5.63 Å². The van der Waals surface area contributed by atoms with E-state index in [0.717, 1.165) is 27.4 Å². The van der Waals surface area contributed by atoms with E-state index in [0.29, 0.717) is 22.6 Å². The smallest absolute Gasteiger partial charge is 0.344 e. The summed E-state index contributed by atoms with van der Waals surface area (Å²) in [6, 6.07) is 11.4. The summed E-state index contributed by atoms with van der Waals surface area (Å²) in [6.45, 7) is 6.34. The van der Waals surface area contributed by atoms with Crippen LogP contribution in [0.15, 0.2) is 45.6 Å². The van der Waals surface area contributed by atoms with Crippen LogP contribution in [0.4, 0.5) is 0 Å². The molecule has 0 bridgehead atoms. The maximum atomic E-state index is 12.8. The van der Waals surface area contributed by atoms with Gasteiger partial charge in [-0.2, -0.15) is 0 Å². The van der Waals surface area contributed by atoms with E-state index in [-0.39, 0.29) is 11.0 Å². The second-order valence-corrected chi connectivity index (χ2v) is 8.02. The first-order chi connectivity index (χ1) is 12.8. The first kappa shape index (κ1) is 19.5. The van der Waals surface area contributed by atoms with Gasteiger partial charge in [0.25, 0.3) is 0 Å². The summed E-state index contributed by atoms with van der Waals surface area (Å²) in [5.74, 6) is 1.18. The normalized spacial score (nSPS) is 11.6. The van der Waals surface area contributed by atoms with Crippen molar-refractivity contribution in [3.05, 3.63) is 57.9 Å². The molecule has 0 aliphatic heterocycles. The Morgan fingerprint density at radius 1 is 1.00 bits per heavy atom. The van der Waals surface area contributed by atoms with Crippen LogP contribution in [0.25, 0.3) is 22.1 Å². The Labute approximate surface area is 167 Å². The van der Waals surface area contributed by atoms with Crippen molar-refractivity contribution in [3.8, 4) is 22.6 Å². The Kier molecular flexibility index (Phi) is 5.33. The zero-order chi connectivity index (χ0) is 19.8. The van der Waals surface area contributed by atoms with E-state index in [4.69, 9.17) is 13.9 Å². The van der Waals surface area contributed by atoms with Crippen molar-refractivity contribution >= 4 is 26.9 Å². The number of halogens is 1. The molecule has 0 fully saturated rings. The molecule has 5 heteroatoms. The fourth-order valence-electron chi connectivity index (χ4n) is 3.14. The molecule has 0 saturated carbocycles. The molecule has 3 rings (SSSR count). The fraction of sp³-hybridized carbons (Fsp3) is 0.318. The van der Waals surface area contributed by atoms with E-state index in [1.807, 2.05) is 18.2 Å². The zero-order valence-electron chi connectivity index (χ0n) is 16.2. The highest BCUT2D eigenvalue weighted by Crippen LogP contribution is 2.35. The molecule has 0 unspecified atom stereocenters. The number of hydrogen-bond donors (Lipinski definition) is 0. The lowest BCUT2D eigenvalue weighted by atomic mass is 9.84. The Bertz CT molecular complexity index is 1040. The molecule has 0 atom stereocenters. The summed E-state index contributed by atoms with van der Waals surface area (Å²) in [4.78, 5) is 12.8. The van der Waals surface area contributed by atoms with Crippen LogP contribution in [-0.2, 0) is 10.7 Å². The monoisotopic (exact) mass is 430 g/mol. The van der Waals surface area contributed by atoms with E-state index in [1.165, 1.54) is 0 Å². The lowest BCUT2D eigenvalue weighted by Crippen LogP contribution is -2.14. The molecule has 0 spiro atoms. The summed E-state index contributed by atoms with van der Waals surface area (Å²) in [6.07, 6.45) is 0. The number of hydrogen-bond acceptors (Lipinski definition) is 4. The van der Waals surface area contributed by atoms with Gasteiger partial charge in [-0.25, -0.2) is 4.79 Å². The Morgan fingerprint density at radius 2 is 1.70 bits per heavy atom. The first-order valence-corrected chi connectivity index (χ1v) is 9.80. The van der Waals surface area contributed by atoms with Crippen molar-refractivity contribution in [1.29, 1.82) is 0 Å². The van der Waals surface area contributed by atoms with Gasteiger partial charge in [-0.05, 0) is 40.8 Å². The molecule has 0 aliphatic carbocycles. The highest BCUT2D eigenvalue weighted by molar-refractivity contribution is 9.08. The summed E-state index contributed by atoms with van der Waals surface area (Å²) < 4.78 is 16.4. The summed E-state index contributed by atoms with van der Waals surface area (Å²) >= 11 is 3.53. The molecule has 3 aromatic rings. The number of methoxy groups -OCH3 is 2. The van der Waals surface area contributed by atoms with Crippen LogP contribution in [0.5, 0.6) is 11.5 Å². The average Bonchev–Trinajstić information content (AvgIpc) is 2.65. The van der Waals surface area contributed by atoms with Crippen LogP contribution >= 0.6 is 15.9 Å². The van der Waals surface area contributed by atoms with E-state index in [1.54, 1.807) is 26.4 Å². The molecule has 0 saturated heterocycles. The molecule has 0 aliphatic rings. The van der Waals surface area contributed by atoms with Crippen molar-refractivity contribution in [3.63, 3.8) is 0 Å². The Hall–Kier alpha value is -2.27. The van der Waals surface area contributed by atoms with Gasteiger partial charge in [0, 0.05) is 16.3 Å². The number of benzene rings is 2. The van der Waals surface area contributed by atoms with Gasteiger partial charge in [-0.3, -0.25) is 0 Å². The fourth-order valence-corrected chi connectivity index (χ4v) is 3.46. The van der Waals surface area contributed by atoms with E-state index < -0.39 is 0 Å². The molecule has 1 aromatic heterocycles. The largest absolute Gasteiger partial charge is 0.493 e. The van der Waals surface area contributed by atoms with Crippen molar-refractivity contribution in [2.24, 2.45) is 0 Å². The van der Waals surface area contributed by atoms with Crippen LogP contribution < -0.4 is 15.1 Å². The van der Waals surface area contributed by atoms with Gasteiger partial charge in [0.05, 0.1) is 19.8 Å². The molecule has 27 heavy (non-hydrogen) atoms. The van der Waals surface area contributed by atoms with Crippen LogP contribution in [0.1, 0.15) is 31.9 Å². The van der Waals surface area contributed by atoms with Gasteiger partial charge < -0.3 is 13.9 Å². The minimum atomic E-state index is -0.369. The van der Waals surface area contributed by atoms with Gasteiger partial charge in [0.1, 0.15) is 5.58 Å². The van der Waals surface area contributed by atoms with Crippen molar-refractivity contribution in [2.45, 2.75) is 31.5 Å². The third-order valence-electron chi connectivity index (χ3n) is 4.55. The van der Waals surface area contributed by atoms with E-state index in [2.05, 4.69) is 42.8 Å². The third kappa shape index (κ3) is 3.74. The lowest BCUT2D eigenvalue weighted by molar-refractivity contribution is 0.355. The predicted molar refractivity (Wildman–Crippen MR) is 112 cm³/mol. The quantitative estimate of drug-likeness (QED) is 0.395. The third-order valence-corrected chi connectivity index (χ3v) is 5.20. The minimum Gasteiger partial charge on any atom is -0.493 e. The molecule has 4 nitrogen and oxygen atoms in total. The molecule has 1 heterocycles.